The van der Waals surface area contributed by atoms with Crippen molar-refractivity contribution in [2.45, 2.75) is 102 Å². The molecule has 1 aliphatic carbocycles. The predicted octanol–water partition coefficient (Wildman–Crippen LogP) is 9.21. The molecule has 0 spiro atoms. The molecule has 1 aromatic heterocycles. The Morgan fingerprint density at radius 1 is 0.881 bits per heavy atom. The number of nitrogens with zero attached hydrogens (tertiary/aromatic N) is 3. The van der Waals surface area contributed by atoms with Crippen LogP contribution in [0.2, 0.25) is 0 Å². The molecule has 9 nitrogen and oxygen atoms in total. The van der Waals surface area contributed by atoms with Crippen LogP contribution in [-0.2, 0) is 44.2 Å². The van der Waals surface area contributed by atoms with Crippen molar-refractivity contribution < 1.29 is 62.9 Å². The highest BCUT2D eigenvalue weighted by molar-refractivity contribution is 7.89. The lowest BCUT2D eigenvalue weighted by atomic mass is 9.84. The number of methoxy groups -OCH3 is 1. The lowest BCUT2D eigenvalue weighted by Gasteiger charge is -2.30. The first-order chi connectivity index (χ1) is 27.2. The molecule has 4 aromatic rings. The van der Waals surface area contributed by atoms with E-state index >= 15 is 8.78 Å². The Bertz CT molecular complexity index is 2310. The number of alkyl halides is 3. The second-order valence-electron chi connectivity index (χ2n) is 16.2. The van der Waals surface area contributed by atoms with Gasteiger partial charge in [0.25, 0.3) is 0 Å². The summed E-state index contributed by atoms with van der Waals surface area (Å²) < 4.78 is 155. The molecule has 1 saturated carbocycles. The molecule has 18 heteroatoms. The van der Waals surface area contributed by atoms with E-state index in [4.69, 9.17) is 9.47 Å². The van der Waals surface area contributed by atoms with Gasteiger partial charge < -0.3 is 19.5 Å². The third kappa shape index (κ3) is 10.2. The van der Waals surface area contributed by atoms with Gasteiger partial charge in [-0.25, -0.2) is 30.4 Å². The van der Waals surface area contributed by atoms with Crippen LogP contribution in [0.1, 0.15) is 100.0 Å². The van der Waals surface area contributed by atoms with Crippen LogP contribution in [0.5, 0.6) is 5.75 Å². The molecule has 1 fully saturated rings. The first kappa shape index (κ1) is 45.4. The monoisotopic (exact) mass is 857 g/mol. The van der Waals surface area contributed by atoms with E-state index in [2.05, 4.69) is 4.98 Å². The Morgan fingerprint density at radius 3 is 2.03 bits per heavy atom. The second-order valence-corrected chi connectivity index (χ2v) is 18.1. The smallest absolute Gasteiger partial charge is 0.416 e. The average Bonchev–Trinajstić information content (AvgIpc) is 3.99. The highest BCUT2D eigenvalue weighted by Crippen LogP contribution is 2.43. The highest BCUT2D eigenvalue weighted by atomic mass is 32.2. The van der Waals surface area contributed by atoms with E-state index in [9.17, 15) is 44.7 Å². The third-order valence-corrected chi connectivity index (χ3v) is 11.3. The zero-order valence-corrected chi connectivity index (χ0v) is 34.0. The number of carbonyl (C=O) groups excluding carboxylic acids is 1. The molecule has 59 heavy (non-hydrogen) atoms. The molecule has 1 unspecified atom stereocenters. The summed E-state index contributed by atoms with van der Waals surface area (Å²) in [7, 11) is -4.81. The molecule has 1 aliphatic rings. The van der Waals surface area contributed by atoms with E-state index in [0.29, 0.717) is 17.8 Å². The lowest BCUT2D eigenvalue weighted by molar-refractivity contribution is -0.169. The number of amides is 1. The minimum atomic E-state index is -6.04. The first-order valence-electron chi connectivity index (χ1n) is 18.2. The lowest BCUT2D eigenvalue weighted by Crippen LogP contribution is -2.43. The summed E-state index contributed by atoms with van der Waals surface area (Å²) in [5.74, 6) is -14.6. The fourth-order valence-electron chi connectivity index (χ4n) is 6.28. The quantitative estimate of drug-likeness (QED) is 0.0619. The van der Waals surface area contributed by atoms with Crippen molar-refractivity contribution in [2.24, 2.45) is 0 Å². The Kier molecular flexibility index (Phi) is 12.9. The predicted molar refractivity (Wildman–Crippen MR) is 200 cm³/mol. The van der Waals surface area contributed by atoms with Crippen molar-refractivity contribution >= 4 is 21.6 Å². The molecular formula is C41H43F8N3O6S. The Balaban J connectivity index is 1.70. The van der Waals surface area contributed by atoms with Crippen LogP contribution in [0.25, 0.3) is 0 Å². The number of aliphatic hydroxyl groups excluding tert-OH is 1. The zero-order valence-electron chi connectivity index (χ0n) is 33.1. The van der Waals surface area contributed by atoms with Crippen LogP contribution in [-0.4, -0.2) is 48.0 Å². The van der Waals surface area contributed by atoms with Crippen LogP contribution in [0.3, 0.4) is 0 Å². The number of hydrogen-bond donors (Lipinski definition) is 1. The van der Waals surface area contributed by atoms with Gasteiger partial charge in [-0.05, 0) is 85.4 Å². The topological polar surface area (TPSA) is 109 Å². The van der Waals surface area contributed by atoms with Gasteiger partial charge in [0.2, 0.25) is 21.7 Å². The average molecular weight is 858 g/mol. The zero-order chi connectivity index (χ0) is 44.0. The SMILES string of the molecule is COc1cc(C(O)OC(C)(C)C)ccc1N(Cc1cc(C2CC2)cc(C(C)(C)C)c1)C(=O)CN(Cc1cnccc1C(F)(F)F)S(=O)(=O)c1c(F)c(F)c(F)c(F)c1F. The van der Waals surface area contributed by atoms with E-state index in [1.54, 1.807) is 20.8 Å². The number of sulfonamides is 1. The minimum absolute atomic E-state index is 0.0516. The summed E-state index contributed by atoms with van der Waals surface area (Å²) in [4.78, 5) is 16.9. The largest absolute Gasteiger partial charge is 0.495 e. The van der Waals surface area contributed by atoms with E-state index in [-0.39, 0.29) is 33.8 Å². The van der Waals surface area contributed by atoms with Gasteiger partial charge in [0.15, 0.2) is 34.5 Å². The molecule has 3 aromatic carbocycles. The molecule has 1 heterocycles. The van der Waals surface area contributed by atoms with E-state index in [0.717, 1.165) is 35.1 Å². The van der Waals surface area contributed by atoms with Crippen molar-refractivity contribution in [3.63, 3.8) is 0 Å². The van der Waals surface area contributed by atoms with Crippen molar-refractivity contribution in [3.05, 3.63) is 117 Å². The van der Waals surface area contributed by atoms with Crippen LogP contribution in [0.15, 0.2) is 59.8 Å². The summed E-state index contributed by atoms with van der Waals surface area (Å²) in [5, 5.41) is 10.8. The molecule has 1 N–H and O–H groups in total. The summed E-state index contributed by atoms with van der Waals surface area (Å²) >= 11 is 0. The van der Waals surface area contributed by atoms with Crippen molar-refractivity contribution in [1.29, 1.82) is 0 Å². The van der Waals surface area contributed by atoms with Crippen molar-refractivity contribution in [1.82, 2.24) is 9.29 Å². The van der Waals surface area contributed by atoms with Crippen LogP contribution in [0, 0.1) is 29.1 Å². The van der Waals surface area contributed by atoms with Gasteiger partial charge in [-0.3, -0.25) is 9.78 Å². The van der Waals surface area contributed by atoms with Crippen LogP contribution in [0.4, 0.5) is 40.8 Å². The number of ether oxygens (including phenoxy) is 2. The molecule has 0 bridgehead atoms. The number of benzene rings is 3. The third-order valence-electron chi connectivity index (χ3n) is 9.45. The van der Waals surface area contributed by atoms with Gasteiger partial charge in [-0.2, -0.15) is 17.5 Å². The number of aliphatic hydroxyl groups is 1. The molecule has 0 aliphatic heterocycles. The van der Waals surface area contributed by atoms with Crippen molar-refractivity contribution in [2.75, 3.05) is 18.6 Å². The number of carbonyl (C=O) groups is 1. The Morgan fingerprint density at radius 2 is 1.49 bits per heavy atom. The first-order valence-corrected chi connectivity index (χ1v) is 19.7. The maximum atomic E-state index is 15.2. The van der Waals surface area contributed by atoms with Crippen LogP contribution < -0.4 is 9.64 Å². The summed E-state index contributed by atoms with van der Waals surface area (Å²) in [6.07, 6.45) is -3.48. The molecular weight excluding hydrogens is 815 g/mol. The number of pyridine rings is 1. The van der Waals surface area contributed by atoms with Gasteiger partial charge in [0.05, 0.1) is 37.1 Å². The Labute approximate surface area is 336 Å². The number of rotatable bonds is 13. The van der Waals surface area contributed by atoms with Gasteiger partial charge >= 0.3 is 6.18 Å². The molecule has 5 rings (SSSR count). The van der Waals surface area contributed by atoms with Crippen LogP contribution >= 0.6 is 0 Å². The van der Waals surface area contributed by atoms with Gasteiger partial charge in [-0.1, -0.05) is 45.0 Å². The van der Waals surface area contributed by atoms with E-state index in [1.165, 1.54) is 25.3 Å². The Hall–Kier alpha value is -4.65. The second kappa shape index (κ2) is 16.8. The fourth-order valence-corrected chi connectivity index (χ4v) is 7.76. The fraction of sp³-hybridized carbons (Fsp3) is 0.415. The number of hydrogen-bond acceptors (Lipinski definition) is 7. The number of anilines is 1. The van der Waals surface area contributed by atoms with Gasteiger partial charge in [-0.15, -0.1) is 0 Å². The summed E-state index contributed by atoms with van der Waals surface area (Å²) in [6.45, 7) is 7.69. The molecule has 0 saturated heterocycles. The molecule has 1 amide bonds. The molecule has 0 radical (unpaired) electrons. The number of halogens is 8. The number of aromatic nitrogens is 1. The van der Waals surface area contributed by atoms with Gasteiger partial charge in [0.1, 0.15) is 5.75 Å². The normalized spacial score (nSPS) is 14.5. The van der Waals surface area contributed by atoms with E-state index < -0.39 is 97.6 Å². The standard InChI is InChI=1S/C41H43F8N3O6S/c1-39(2,3)27-15-22(14-25(16-27)23-8-9-23)19-52(29-11-10-24(17-30(29)57-7)38(54)58-40(4,5)6)31(53)21-51(20-26-18-50-13-12-28(26)41(47,48)49)59(55,56)37-35(45)33(43)32(42)34(44)36(37)46/h10-18,23,38,54H,8-9,19-21H2,1-7H3. The summed E-state index contributed by atoms with van der Waals surface area (Å²) in [5.41, 5.74) is -1.09. The summed E-state index contributed by atoms with van der Waals surface area (Å²) in [6, 6.07) is 10.2. The minimum Gasteiger partial charge on any atom is -0.495 e. The van der Waals surface area contributed by atoms with Crippen molar-refractivity contribution in [3.8, 4) is 5.75 Å². The molecule has 1 atom stereocenters. The maximum absolute atomic E-state index is 15.2. The molecule has 320 valence electrons. The maximum Gasteiger partial charge on any atom is 0.416 e. The van der Waals surface area contributed by atoms with E-state index in [1.807, 2.05) is 39.0 Å². The van der Waals surface area contributed by atoms with Gasteiger partial charge in [0, 0.05) is 24.5 Å². The highest BCUT2D eigenvalue weighted by Gasteiger charge is 2.41.